The van der Waals surface area contributed by atoms with Crippen molar-refractivity contribution in [2.24, 2.45) is 46.3 Å². The Morgan fingerprint density at radius 1 is 0.967 bits per heavy atom. The molecule has 0 aromatic carbocycles. The molecule has 0 aromatic rings. The van der Waals surface area contributed by atoms with E-state index in [-0.39, 0.29) is 17.1 Å². The Balaban J connectivity index is 1.47. The van der Waals surface area contributed by atoms with Crippen LogP contribution in [0.5, 0.6) is 0 Å². The molecule has 4 fully saturated rings. The van der Waals surface area contributed by atoms with Crippen molar-refractivity contribution in [3.63, 3.8) is 0 Å². The number of hydrogen-bond acceptors (Lipinski definition) is 2. The molecule has 0 aromatic heterocycles. The molecule has 2 nitrogen and oxygen atoms in total. The fourth-order valence-electron chi connectivity index (χ4n) is 9.16. The summed E-state index contributed by atoms with van der Waals surface area (Å²) >= 11 is 6.41. The Hall–Kier alpha value is 0.210. The van der Waals surface area contributed by atoms with Crippen LogP contribution >= 0.6 is 11.6 Å². The van der Waals surface area contributed by atoms with Gasteiger partial charge in [-0.15, -0.1) is 11.6 Å². The van der Waals surface area contributed by atoms with E-state index in [1.54, 1.807) is 0 Å². The Bertz CT molecular complexity index is 614. The van der Waals surface area contributed by atoms with Crippen LogP contribution in [0.4, 0.5) is 0 Å². The van der Waals surface area contributed by atoms with Crippen molar-refractivity contribution in [1.29, 1.82) is 0 Å². The highest BCUT2D eigenvalue weighted by Crippen LogP contribution is 2.68. The van der Waals surface area contributed by atoms with Gasteiger partial charge in [-0.1, -0.05) is 20.8 Å². The number of halogens is 1. The first-order chi connectivity index (χ1) is 14.0. The molecule has 0 aliphatic heterocycles. The van der Waals surface area contributed by atoms with E-state index in [9.17, 15) is 10.2 Å². The van der Waals surface area contributed by atoms with Crippen molar-refractivity contribution in [1.82, 2.24) is 0 Å². The van der Waals surface area contributed by atoms with Crippen molar-refractivity contribution in [3.8, 4) is 0 Å². The number of fused-ring (bicyclic) bond motifs is 5. The molecule has 0 unspecified atom stereocenters. The van der Waals surface area contributed by atoms with Crippen molar-refractivity contribution < 1.29 is 10.2 Å². The maximum Gasteiger partial charge on any atom is 0.0569 e. The van der Waals surface area contributed by atoms with Crippen molar-refractivity contribution in [2.45, 2.75) is 122 Å². The van der Waals surface area contributed by atoms with Crippen LogP contribution < -0.4 is 0 Å². The van der Waals surface area contributed by atoms with Gasteiger partial charge in [-0.2, -0.15) is 0 Å². The van der Waals surface area contributed by atoms with E-state index in [4.69, 9.17) is 11.6 Å². The molecule has 30 heavy (non-hydrogen) atoms. The molecule has 2 N–H and O–H groups in total. The molecule has 3 heteroatoms. The molecule has 0 amide bonds. The predicted octanol–water partition coefficient (Wildman–Crippen LogP) is 6.80. The summed E-state index contributed by atoms with van der Waals surface area (Å²) in [6.07, 6.45) is 12.8. The van der Waals surface area contributed by atoms with Crippen LogP contribution in [0, 0.1) is 46.3 Å². The summed E-state index contributed by atoms with van der Waals surface area (Å²) in [6.45, 7) is 11.6. The van der Waals surface area contributed by atoms with Crippen LogP contribution in [0.3, 0.4) is 0 Å². The van der Waals surface area contributed by atoms with Crippen LogP contribution in [0.1, 0.15) is 105 Å². The van der Waals surface area contributed by atoms with Gasteiger partial charge in [0.05, 0.1) is 12.2 Å². The minimum Gasteiger partial charge on any atom is -0.393 e. The maximum absolute atomic E-state index is 11.0. The summed E-state index contributed by atoms with van der Waals surface area (Å²) in [7, 11) is 0. The smallest absolute Gasteiger partial charge is 0.0569 e. The number of aliphatic hydroxyl groups is 2. The zero-order valence-electron chi connectivity index (χ0n) is 20.2. The standard InChI is InChI=1S/C27H47ClO2/c1-17(24(30)12-13-25(2,3)28)21-8-9-22-20-7-6-18-16-19(29)10-14-26(18,4)23(20)11-15-27(21,22)5/h17-24,29-30H,6-16H2,1-5H3/t17-,18-,19-,20-,21+,22-,23-,24-,26-,27+/m0/s1. The fraction of sp³-hybridized carbons (Fsp3) is 1.00. The zero-order chi connectivity index (χ0) is 21.9. The van der Waals surface area contributed by atoms with E-state index < -0.39 is 0 Å². The maximum atomic E-state index is 11.0. The molecule has 0 saturated heterocycles. The molecule has 4 aliphatic carbocycles. The largest absolute Gasteiger partial charge is 0.393 e. The van der Waals surface area contributed by atoms with Crippen LogP contribution in [0.15, 0.2) is 0 Å². The minimum atomic E-state index is -0.227. The minimum absolute atomic E-state index is 0.0513. The van der Waals surface area contributed by atoms with Crippen molar-refractivity contribution >= 4 is 11.6 Å². The average molecular weight is 439 g/mol. The number of alkyl halides is 1. The molecule has 0 heterocycles. The highest BCUT2D eigenvalue weighted by atomic mass is 35.5. The Morgan fingerprint density at radius 2 is 1.63 bits per heavy atom. The molecule has 4 saturated carbocycles. The molecule has 0 bridgehead atoms. The van der Waals surface area contributed by atoms with Crippen molar-refractivity contribution in [2.75, 3.05) is 0 Å². The first kappa shape index (κ1) is 23.4. The second-order valence-corrected chi connectivity index (χ2v) is 14.0. The lowest BCUT2D eigenvalue weighted by atomic mass is 9.44. The van der Waals surface area contributed by atoms with Crippen LogP contribution in [-0.2, 0) is 0 Å². The number of hydrogen-bond donors (Lipinski definition) is 2. The SMILES string of the molecule is C[C@@H]([C@H]1CC[C@H]2[C@@H]3CC[C@H]4C[C@@H](O)CC[C@]4(C)[C@H]3CC[C@]12C)[C@@H](O)CCC(C)(C)Cl. The van der Waals surface area contributed by atoms with E-state index in [2.05, 4.69) is 34.6 Å². The zero-order valence-corrected chi connectivity index (χ0v) is 20.9. The summed E-state index contributed by atoms with van der Waals surface area (Å²) in [6, 6.07) is 0. The molecule has 4 aliphatic rings. The van der Waals surface area contributed by atoms with E-state index in [1.807, 2.05) is 0 Å². The van der Waals surface area contributed by atoms with E-state index >= 15 is 0 Å². The Kier molecular flexibility index (Phi) is 6.40. The van der Waals surface area contributed by atoms with Crippen molar-refractivity contribution in [3.05, 3.63) is 0 Å². The second-order valence-electron chi connectivity index (χ2n) is 13.0. The normalized spacial score (nSPS) is 48.4. The average Bonchev–Trinajstić information content (AvgIpc) is 3.02. The quantitative estimate of drug-likeness (QED) is 0.463. The van der Waals surface area contributed by atoms with Gasteiger partial charge in [0.2, 0.25) is 0 Å². The molecule has 0 radical (unpaired) electrons. The third kappa shape index (κ3) is 4.01. The lowest BCUT2D eigenvalue weighted by Gasteiger charge is -2.61. The highest BCUT2D eigenvalue weighted by Gasteiger charge is 2.60. The van der Waals surface area contributed by atoms with Gasteiger partial charge in [0.15, 0.2) is 0 Å². The van der Waals surface area contributed by atoms with Gasteiger partial charge in [-0.05, 0) is 131 Å². The molecular formula is C27H47ClO2. The molecule has 4 rings (SSSR count). The van der Waals surface area contributed by atoms with Gasteiger partial charge >= 0.3 is 0 Å². The molecule has 10 atom stereocenters. The van der Waals surface area contributed by atoms with E-state index in [0.717, 1.165) is 49.4 Å². The summed E-state index contributed by atoms with van der Waals surface area (Å²) < 4.78 is 0. The highest BCUT2D eigenvalue weighted by molar-refractivity contribution is 6.23. The lowest BCUT2D eigenvalue weighted by Crippen LogP contribution is -2.54. The lowest BCUT2D eigenvalue weighted by molar-refractivity contribution is -0.132. The predicted molar refractivity (Wildman–Crippen MR) is 126 cm³/mol. The third-order valence-electron chi connectivity index (χ3n) is 11.0. The Labute approximate surface area is 190 Å². The first-order valence-corrected chi connectivity index (χ1v) is 13.4. The Morgan fingerprint density at radius 3 is 2.33 bits per heavy atom. The summed E-state index contributed by atoms with van der Waals surface area (Å²) in [5.41, 5.74) is 0.855. The number of rotatable bonds is 5. The molecular weight excluding hydrogens is 392 g/mol. The number of aliphatic hydroxyl groups excluding tert-OH is 2. The van der Waals surface area contributed by atoms with Gasteiger partial charge in [0.1, 0.15) is 0 Å². The van der Waals surface area contributed by atoms with Crippen LogP contribution in [-0.4, -0.2) is 27.3 Å². The summed E-state index contributed by atoms with van der Waals surface area (Å²) in [5, 5.41) is 21.3. The van der Waals surface area contributed by atoms with Gasteiger partial charge in [0.25, 0.3) is 0 Å². The van der Waals surface area contributed by atoms with E-state index in [0.29, 0.717) is 22.7 Å². The summed E-state index contributed by atoms with van der Waals surface area (Å²) in [4.78, 5) is -0.220. The fourth-order valence-corrected chi connectivity index (χ4v) is 9.27. The second kappa shape index (κ2) is 8.21. The third-order valence-corrected chi connectivity index (χ3v) is 11.2. The van der Waals surface area contributed by atoms with E-state index in [1.165, 1.54) is 44.9 Å². The van der Waals surface area contributed by atoms with Gasteiger partial charge in [-0.3, -0.25) is 0 Å². The van der Waals surface area contributed by atoms with Gasteiger partial charge in [-0.25, -0.2) is 0 Å². The topological polar surface area (TPSA) is 40.5 Å². The van der Waals surface area contributed by atoms with Crippen LogP contribution in [0.25, 0.3) is 0 Å². The molecule has 0 spiro atoms. The first-order valence-electron chi connectivity index (χ1n) is 13.0. The summed E-state index contributed by atoms with van der Waals surface area (Å²) in [5.74, 6) is 4.32. The van der Waals surface area contributed by atoms with Gasteiger partial charge in [0, 0.05) is 4.87 Å². The van der Waals surface area contributed by atoms with Crippen LogP contribution in [0.2, 0.25) is 0 Å². The van der Waals surface area contributed by atoms with Gasteiger partial charge < -0.3 is 10.2 Å². The monoisotopic (exact) mass is 438 g/mol. The molecule has 174 valence electrons.